The first-order valence-corrected chi connectivity index (χ1v) is 8.83. The van der Waals surface area contributed by atoms with Crippen LogP contribution in [0.2, 0.25) is 0 Å². The van der Waals surface area contributed by atoms with Crippen LogP contribution in [-0.2, 0) is 9.32 Å². The van der Waals surface area contributed by atoms with E-state index in [4.69, 9.17) is 4.52 Å². The summed E-state index contributed by atoms with van der Waals surface area (Å²) in [5, 5.41) is 0.762. The van der Waals surface area contributed by atoms with E-state index in [2.05, 4.69) is 36.2 Å². The van der Waals surface area contributed by atoms with E-state index in [-0.39, 0.29) is 5.97 Å². The van der Waals surface area contributed by atoms with Crippen molar-refractivity contribution >= 4 is 28.7 Å². The summed E-state index contributed by atoms with van der Waals surface area (Å²) in [4.78, 5) is 11.3. The Hall–Kier alpha value is 0.120. The van der Waals surface area contributed by atoms with Gasteiger partial charge in [-0.25, -0.2) is 0 Å². The van der Waals surface area contributed by atoms with Gasteiger partial charge in [-0.3, -0.25) is 0 Å². The van der Waals surface area contributed by atoms with Crippen LogP contribution in [0.25, 0.3) is 0 Å². The van der Waals surface area contributed by atoms with Crippen molar-refractivity contribution in [1.29, 1.82) is 0 Å². The molecular weight excluding hydrogens is 251 g/mol. The summed E-state index contributed by atoms with van der Waals surface area (Å²) in [6.45, 7) is 5.73. The SMILES string of the molecule is C/C=C/C(=O)OP(C)(C)(CC)CBr. The predicted molar refractivity (Wildman–Crippen MR) is 64.0 cm³/mol. The summed E-state index contributed by atoms with van der Waals surface area (Å²) in [6, 6.07) is 0. The predicted octanol–water partition coefficient (Wildman–Crippen LogP) is 3.21. The molecule has 0 aromatic rings. The Labute approximate surface area is 88.9 Å². The topological polar surface area (TPSA) is 26.3 Å². The zero-order chi connectivity index (χ0) is 10.6. The van der Waals surface area contributed by atoms with E-state index in [1.54, 1.807) is 6.08 Å². The normalized spacial score (nSPS) is 15.3. The van der Waals surface area contributed by atoms with Crippen molar-refractivity contribution in [1.82, 2.24) is 0 Å². The van der Waals surface area contributed by atoms with Gasteiger partial charge in [0.25, 0.3) is 0 Å². The van der Waals surface area contributed by atoms with Gasteiger partial charge in [0.1, 0.15) is 0 Å². The van der Waals surface area contributed by atoms with E-state index in [0.29, 0.717) is 0 Å². The maximum absolute atomic E-state index is 11.3. The summed E-state index contributed by atoms with van der Waals surface area (Å²) in [7, 11) is 0. The van der Waals surface area contributed by atoms with Crippen LogP contribution in [0.5, 0.6) is 0 Å². The minimum atomic E-state index is -2.25. The van der Waals surface area contributed by atoms with Gasteiger partial charge in [0.05, 0.1) is 0 Å². The number of carbonyl (C=O) groups excluding carboxylic acids is 1. The summed E-state index contributed by atoms with van der Waals surface area (Å²) >= 11 is 3.42. The Bertz CT molecular complexity index is 216. The van der Waals surface area contributed by atoms with Gasteiger partial charge in [0.2, 0.25) is 0 Å². The molecule has 0 aliphatic rings. The summed E-state index contributed by atoms with van der Waals surface area (Å²) in [6.07, 6.45) is 4.07. The molecule has 0 spiro atoms. The third-order valence-electron chi connectivity index (χ3n) is 2.06. The molecule has 78 valence electrons. The number of alkyl halides is 1. The van der Waals surface area contributed by atoms with Crippen LogP contribution in [0.4, 0.5) is 0 Å². The van der Waals surface area contributed by atoms with Crippen molar-refractivity contribution in [3.05, 3.63) is 12.2 Å². The Kier molecular flexibility index (Phi) is 4.61. The van der Waals surface area contributed by atoms with Crippen LogP contribution in [-0.4, -0.2) is 30.5 Å². The quantitative estimate of drug-likeness (QED) is 0.445. The Morgan fingerprint density at radius 3 is 2.38 bits per heavy atom. The molecule has 0 aliphatic heterocycles. The van der Waals surface area contributed by atoms with Gasteiger partial charge in [-0.15, -0.1) is 0 Å². The Morgan fingerprint density at radius 1 is 1.54 bits per heavy atom. The molecule has 4 heteroatoms. The molecule has 13 heavy (non-hydrogen) atoms. The fourth-order valence-electron chi connectivity index (χ4n) is 0.647. The molecule has 0 bridgehead atoms. The molecule has 0 rings (SSSR count). The van der Waals surface area contributed by atoms with E-state index in [1.807, 2.05) is 6.92 Å². The first-order valence-electron chi connectivity index (χ1n) is 4.29. The first kappa shape index (κ1) is 13.1. The van der Waals surface area contributed by atoms with Crippen LogP contribution in [0.3, 0.4) is 0 Å². The van der Waals surface area contributed by atoms with Gasteiger partial charge < -0.3 is 0 Å². The fourth-order valence-corrected chi connectivity index (χ4v) is 3.04. The van der Waals surface area contributed by atoms with Crippen molar-refractivity contribution in [2.75, 3.05) is 24.6 Å². The van der Waals surface area contributed by atoms with Crippen LogP contribution in [0, 0.1) is 0 Å². The standard InChI is InChI=1S/C9H18BrO2P/c1-5-7-9(11)12-13(3,4,6-2)8-10/h5,7H,6,8H2,1-4H3/b7-5+. The van der Waals surface area contributed by atoms with Crippen LogP contribution < -0.4 is 0 Å². The average Bonchev–Trinajstić information content (AvgIpc) is 2.05. The molecular formula is C9H18BrO2P. The molecule has 0 aliphatic carbocycles. The molecule has 0 radical (unpaired) electrons. The van der Waals surface area contributed by atoms with E-state index < -0.39 is 6.83 Å². The second-order valence-corrected chi connectivity index (χ2v) is 11.6. The molecule has 0 fully saturated rings. The van der Waals surface area contributed by atoms with Crippen molar-refractivity contribution in [3.8, 4) is 0 Å². The molecule has 0 aromatic carbocycles. The van der Waals surface area contributed by atoms with Crippen LogP contribution in [0.15, 0.2) is 12.2 Å². The number of allylic oxidation sites excluding steroid dienone is 1. The van der Waals surface area contributed by atoms with Gasteiger partial charge in [-0.05, 0) is 0 Å². The summed E-state index contributed by atoms with van der Waals surface area (Å²) in [5.41, 5.74) is 0. The monoisotopic (exact) mass is 268 g/mol. The zero-order valence-electron chi connectivity index (χ0n) is 8.71. The summed E-state index contributed by atoms with van der Waals surface area (Å²) in [5.74, 6) is -0.230. The summed E-state index contributed by atoms with van der Waals surface area (Å²) < 4.78 is 5.52. The van der Waals surface area contributed by atoms with E-state index in [0.717, 1.165) is 11.2 Å². The molecule has 0 aromatic heterocycles. The number of hydrogen-bond acceptors (Lipinski definition) is 2. The number of halogens is 1. The third kappa shape index (κ3) is 4.24. The van der Waals surface area contributed by atoms with E-state index in [9.17, 15) is 4.79 Å². The number of hydrogen-bond donors (Lipinski definition) is 0. The molecule has 0 unspecified atom stereocenters. The van der Waals surface area contributed by atoms with Crippen LogP contribution in [0.1, 0.15) is 13.8 Å². The minimum absolute atomic E-state index is 0.230. The van der Waals surface area contributed by atoms with Crippen molar-refractivity contribution in [2.24, 2.45) is 0 Å². The molecule has 0 N–H and O–H groups in total. The third-order valence-corrected chi connectivity index (χ3v) is 10.3. The van der Waals surface area contributed by atoms with Gasteiger partial charge in [0, 0.05) is 0 Å². The molecule has 0 amide bonds. The molecule has 0 heterocycles. The second kappa shape index (κ2) is 4.56. The van der Waals surface area contributed by atoms with Gasteiger partial charge in [0.15, 0.2) is 0 Å². The molecule has 0 saturated carbocycles. The van der Waals surface area contributed by atoms with Crippen molar-refractivity contribution < 1.29 is 9.32 Å². The maximum atomic E-state index is 11.3. The van der Waals surface area contributed by atoms with Gasteiger partial charge in [-0.2, -0.15) is 0 Å². The average molecular weight is 269 g/mol. The Morgan fingerprint density at radius 2 is 2.08 bits per heavy atom. The van der Waals surface area contributed by atoms with E-state index >= 15 is 0 Å². The number of rotatable bonds is 4. The molecule has 0 atom stereocenters. The van der Waals surface area contributed by atoms with Gasteiger partial charge in [-0.1, -0.05) is 0 Å². The second-order valence-electron chi connectivity index (χ2n) is 3.91. The van der Waals surface area contributed by atoms with E-state index in [1.165, 1.54) is 6.08 Å². The van der Waals surface area contributed by atoms with Crippen LogP contribution >= 0.6 is 22.8 Å². The number of carbonyl (C=O) groups is 1. The molecule has 0 saturated heterocycles. The first-order chi connectivity index (χ1) is 5.86. The molecule has 2 nitrogen and oxygen atoms in total. The zero-order valence-corrected chi connectivity index (χ0v) is 11.2. The Balaban J connectivity index is 4.55. The fraction of sp³-hybridized carbons (Fsp3) is 0.667. The van der Waals surface area contributed by atoms with Crippen molar-refractivity contribution in [3.63, 3.8) is 0 Å². The van der Waals surface area contributed by atoms with Crippen molar-refractivity contribution in [2.45, 2.75) is 13.8 Å². The van der Waals surface area contributed by atoms with Gasteiger partial charge >= 0.3 is 88.6 Å².